The topological polar surface area (TPSA) is 75.2 Å². The third kappa shape index (κ3) is 5.42. The summed E-state index contributed by atoms with van der Waals surface area (Å²) in [6.07, 6.45) is 0.643. The third-order valence-electron chi connectivity index (χ3n) is 6.09. The molecule has 5 rings (SSSR count). The van der Waals surface area contributed by atoms with E-state index in [0.717, 1.165) is 21.8 Å². The van der Waals surface area contributed by atoms with Gasteiger partial charge in [0.05, 0.1) is 0 Å². The van der Waals surface area contributed by atoms with E-state index in [0.29, 0.717) is 23.1 Å². The Labute approximate surface area is 212 Å². The molecule has 0 aliphatic carbocycles. The number of amides is 2. The van der Waals surface area contributed by atoms with E-state index in [9.17, 15) is 9.59 Å². The largest absolute Gasteiger partial charge is 0.312 e. The van der Waals surface area contributed by atoms with E-state index in [1.807, 2.05) is 72.8 Å². The summed E-state index contributed by atoms with van der Waals surface area (Å²) in [6.45, 7) is 0.521. The Morgan fingerprint density at radius 3 is 2.23 bits per heavy atom. The van der Waals surface area contributed by atoms with Crippen LogP contribution in [-0.4, -0.2) is 28.6 Å². The van der Waals surface area contributed by atoms with Crippen LogP contribution in [0.1, 0.15) is 40.8 Å². The molecule has 1 atom stereocenters. The lowest BCUT2D eigenvalue weighted by atomic mass is 9.88. The molecular weight excluding hydrogens is 480 g/mol. The van der Waals surface area contributed by atoms with Crippen LogP contribution in [0.3, 0.4) is 0 Å². The fourth-order valence-electron chi connectivity index (χ4n) is 4.35. The summed E-state index contributed by atoms with van der Waals surface area (Å²) in [7, 11) is 0. The summed E-state index contributed by atoms with van der Waals surface area (Å²) in [5.41, 5.74) is 2.98. The van der Waals surface area contributed by atoms with Crippen LogP contribution < -0.4 is 10.2 Å². The maximum absolute atomic E-state index is 13.0. The zero-order valence-electron chi connectivity index (χ0n) is 18.8. The number of anilines is 2. The second-order valence-electron chi connectivity index (χ2n) is 8.45. The highest BCUT2D eigenvalue weighted by Crippen LogP contribution is 2.35. The highest BCUT2D eigenvalue weighted by molar-refractivity contribution is 7.15. The van der Waals surface area contributed by atoms with Crippen molar-refractivity contribution < 1.29 is 9.59 Å². The van der Waals surface area contributed by atoms with Gasteiger partial charge < -0.3 is 10.2 Å². The number of aromatic nitrogens is 2. The van der Waals surface area contributed by atoms with Crippen molar-refractivity contribution in [2.24, 2.45) is 0 Å². The normalized spacial score (nSPS) is 15.5. The Morgan fingerprint density at radius 1 is 0.971 bits per heavy atom. The highest BCUT2D eigenvalue weighted by atomic mass is 35.5. The molecule has 4 aromatic rings. The van der Waals surface area contributed by atoms with E-state index in [1.54, 1.807) is 17.0 Å². The number of carbonyl (C=O) groups is 2. The molecule has 3 aromatic carbocycles. The van der Waals surface area contributed by atoms with Gasteiger partial charge in [0, 0.05) is 41.9 Å². The van der Waals surface area contributed by atoms with Gasteiger partial charge in [-0.15, -0.1) is 10.2 Å². The average Bonchev–Trinajstić information content (AvgIpc) is 3.50. The second-order valence-corrected chi connectivity index (χ2v) is 9.90. The number of halogens is 1. The number of rotatable bonds is 7. The molecule has 176 valence electrons. The first kappa shape index (κ1) is 23.2. The van der Waals surface area contributed by atoms with Gasteiger partial charge in [-0.2, -0.15) is 0 Å². The number of hydrogen-bond donors (Lipinski definition) is 1. The van der Waals surface area contributed by atoms with Gasteiger partial charge in [-0.25, -0.2) is 0 Å². The van der Waals surface area contributed by atoms with Crippen LogP contribution in [0.4, 0.5) is 10.8 Å². The van der Waals surface area contributed by atoms with Crippen molar-refractivity contribution >= 4 is 45.6 Å². The predicted molar refractivity (Wildman–Crippen MR) is 139 cm³/mol. The fourth-order valence-corrected chi connectivity index (χ4v) is 5.32. The monoisotopic (exact) mass is 502 g/mol. The lowest BCUT2D eigenvalue weighted by Crippen LogP contribution is -2.24. The van der Waals surface area contributed by atoms with Crippen molar-refractivity contribution in [1.29, 1.82) is 0 Å². The highest BCUT2D eigenvalue weighted by Gasteiger charge is 2.34. The average molecular weight is 503 g/mol. The van der Waals surface area contributed by atoms with Crippen LogP contribution in [0.15, 0.2) is 84.9 Å². The van der Waals surface area contributed by atoms with Crippen molar-refractivity contribution in [3.05, 3.63) is 106 Å². The van der Waals surface area contributed by atoms with Crippen molar-refractivity contribution in [1.82, 2.24) is 10.2 Å². The first-order chi connectivity index (χ1) is 17.1. The zero-order chi connectivity index (χ0) is 24.2. The molecule has 1 unspecified atom stereocenters. The van der Waals surface area contributed by atoms with Crippen LogP contribution in [0, 0.1) is 0 Å². The molecule has 1 aromatic heterocycles. The van der Waals surface area contributed by atoms with E-state index >= 15 is 0 Å². The standard InChI is InChI=1S/C27H23ClN4O2S/c28-21-11-13-22(14-12-21)32-17-20(15-25(32)34)26-30-31-27(35-26)29-24(33)16-23(18-7-3-1-4-8-18)19-9-5-2-6-10-19/h1-14,20,23H,15-17H2,(H,29,31,33). The van der Waals surface area contributed by atoms with Gasteiger partial charge in [0.25, 0.3) is 0 Å². The first-order valence-electron chi connectivity index (χ1n) is 11.4. The Hall–Kier alpha value is -3.55. The summed E-state index contributed by atoms with van der Waals surface area (Å²) in [4.78, 5) is 27.3. The molecule has 1 aliphatic heterocycles. The number of nitrogens with zero attached hydrogens (tertiary/aromatic N) is 3. The summed E-state index contributed by atoms with van der Waals surface area (Å²) in [5.74, 6) is -0.227. The molecule has 1 aliphatic rings. The number of benzene rings is 3. The number of hydrogen-bond acceptors (Lipinski definition) is 5. The maximum atomic E-state index is 13.0. The lowest BCUT2D eigenvalue weighted by Gasteiger charge is -2.17. The van der Waals surface area contributed by atoms with E-state index in [2.05, 4.69) is 15.5 Å². The molecule has 0 spiro atoms. The molecule has 35 heavy (non-hydrogen) atoms. The summed E-state index contributed by atoms with van der Waals surface area (Å²) >= 11 is 7.29. The van der Waals surface area contributed by atoms with Gasteiger partial charge in [-0.05, 0) is 35.4 Å². The Bertz CT molecular complexity index is 1270. The van der Waals surface area contributed by atoms with Crippen LogP contribution in [0.2, 0.25) is 5.02 Å². The van der Waals surface area contributed by atoms with Gasteiger partial charge >= 0.3 is 0 Å². The summed E-state index contributed by atoms with van der Waals surface area (Å²) < 4.78 is 0. The molecule has 2 heterocycles. The van der Waals surface area contributed by atoms with Crippen LogP contribution in [-0.2, 0) is 9.59 Å². The van der Waals surface area contributed by atoms with Crippen molar-refractivity contribution in [2.45, 2.75) is 24.7 Å². The lowest BCUT2D eigenvalue weighted by molar-refractivity contribution is -0.117. The van der Waals surface area contributed by atoms with E-state index in [1.165, 1.54) is 11.3 Å². The van der Waals surface area contributed by atoms with Crippen LogP contribution in [0.25, 0.3) is 0 Å². The van der Waals surface area contributed by atoms with Crippen molar-refractivity contribution in [2.75, 3.05) is 16.8 Å². The minimum absolute atomic E-state index is 0.0340. The summed E-state index contributed by atoms with van der Waals surface area (Å²) in [6, 6.07) is 27.2. The van der Waals surface area contributed by atoms with E-state index in [4.69, 9.17) is 11.6 Å². The number of carbonyl (C=O) groups excluding carboxylic acids is 2. The van der Waals surface area contributed by atoms with E-state index in [-0.39, 0.29) is 30.1 Å². The fraction of sp³-hybridized carbons (Fsp3) is 0.185. The molecule has 0 bridgehead atoms. The van der Waals surface area contributed by atoms with Gasteiger partial charge in [0.1, 0.15) is 5.01 Å². The van der Waals surface area contributed by atoms with Gasteiger partial charge in [0.15, 0.2) is 0 Å². The second kappa shape index (κ2) is 10.4. The minimum Gasteiger partial charge on any atom is -0.312 e. The Morgan fingerprint density at radius 2 is 1.60 bits per heavy atom. The molecule has 1 N–H and O–H groups in total. The SMILES string of the molecule is O=C(CC(c1ccccc1)c1ccccc1)Nc1nnc(C2CC(=O)N(c3ccc(Cl)cc3)C2)s1. The Kier molecular flexibility index (Phi) is 6.88. The zero-order valence-corrected chi connectivity index (χ0v) is 20.4. The molecule has 0 saturated carbocycles. The van der Waals surface area contributed by atoms with Gasteiger partial charge in [-0.1, -0.05) is 83.6 Å². The molecular formula is C27H23ClN4O2S. The van der Waals surface area contributed by atoms with Crippen LogP contribution >= 0.6 is 22.9 Å². The smallest absolute Gasteiger partial charge is 0.227 e. The molecule has 6 nitrogen and oxygen atoms in total. The minimum atomic E-state index is -0.129. The van der Waals surface area contributed by atoms with Gasteiger partial charge in [0.2, 0.25) is 16.9 Å². The first-order valence-corrected chi connectivity index (χ1v) is 12.6. The van der Waals surface area contributed by atoms with E-state index < -0.39 is 0 Å². The molecule has 1 saturated heterocycles. The maximum Gasteiger partial charge on any atom is 0.227 e. The quantitative estimate of drug-likeness (QED) is 0.343. The number of nitrogens with one attached hydrogen (secondary N) is 1. The summed E-state index contributed by atoms with van der Waals surface area (Å²) in [5, 5.41) is 13.2. The molecule has 0 radical (unpaired) electrons. The molecule has 2 amide bonds. The molecule has 1 fully saturated rings. The predicted octanol–water partition coefficient (Wildman–Crippen LogP) is 5.87. The third-order valence-corrected chi connectivity index (χ3v) is 7.35. The van der Waals surface area contributed by atoms with Crippen molar-refractivity contribution in [3.63, 3.8) is 0 Å². The Balaban J connectivity index is 1.26. The van der Waals surface area contributed by atoms with Crippen LogP contribution in [0.5, 0.6) is 0 Å². The van der Waals surface area contributed by atoms with Gasteiger partial charge in [-0.3, -0.25) is 9.59 Å². The van der Waals surface area contributed by atoms with Crippen molar-refractivity contribution in [3.8, 4) is 0 Å². The molecule has 8 heteroatoms.